The molecule has 0 aliphatic carbocycles. The van der Waals surface area contributed by atoms with Gasteiger partial charge in [-0.1, -0.05) is 0 Å². The summed E-state index contributed by atoms with van der Waals surface area (Å²) in [7, 11) is 2.77. The van der Waals surface area contributed by atoms with Gasteiger partial charge in [-0.15, -0.1) is 0 Å². The van der Waals surface area contributed by atoms with Crippen LogP contribution in [0.15, 0.2) is 77.7 Å². The fourth-order valence-electron chi connectivity index (χ4n) is 3.12. The minimum absolute atomic E-state index is 0.0581. The van der Waals surface area contributed by atoms with Gasteiger partial charge >= 0.3 is 6.18 Å². The number of alkyl halides is 3. The smallest absolute Gasteiger partial charge is 0.416 e. The van der Waals surface area contributed by atoms with Crippen molar-refractivity contribution in [2.24, 2.45) is 0 Å². The monoisotopic (exact) mass is 564 g/mol. The molecule has 3 N–H and O–H groups in total. The number of benzene rings is 3. The van der Waals surface area contributed by atoms with Gasteiger partial charge in [0.25, 0.3) is 5.91 Å². The van der Waals surface area contributed by atoms with Crippen molar-refractivity contribution in [2.45, 2.75) is 6.18 Å². The lowest BCUT2D eigenvalue weighted by atomic mass is 10.1. The molecule has 40 heavy (non-hydrogen) atoms. The van der Waals surface area contributed by atoms with Crippen LogP contribution in [-0.2, 0) is 6.18 Å². The molecule has 0 aliphatic rings. The second-order valence-corrected chi connectivity index (χ2v) is 7.82. The number of pyridine rings is 1. The number of aromatic hydroxyl groups is 1. The topological polar surface area (TPSA) is 110 Å². The number of anilines is 1. The van der Waals surface area contributed by atoms with E-state index >= 15 is 0 Å². The number of H-pyrrole nitrogens is 1. The molecule has 210 valence electrons. The summed E-state index contributed by atoms with van der Waals surface area (Å²) in [5, 5.41) is 11.0. The molecule has 0 spiro atoms. The Bertz CT molecular complexity index is 1560. The number of phenols is 1. The Balaban J connectivity index is 0.000000371. The molecule has 8 nitrogen and oxygen atoms in total. The lowest BCUT2D eigenvalue weighted by molar-refractivity contribution is -0.137. The Labute approximate surface area is 223 Å². The fraction of sp³-hybridized carbons (Fsp3) is 0.111. The van der Waals surface area contributed by atoms with E-state index in [-0.39, 0.29) is 28.7 Å². The highest BCUT2D eigenvalue weighted by atomic mass is 19.4. The van der Waals surface area contributed by atoms with Gasteiger partial charge in [0.2, 0.25) is 5.56 Å². The molecule has 0 bridgehead atoms. The minimum Gasteiger partial charge on any atom is -0.505 e. The molecule has 0 unspecified atom stereocenters. The molecule has 0 saturated heterocycles. The molecular weight excluding hydrogens is 543 g/mol. The number of methoxy groups -OCH3 is 2. The maximum absolute atomic E-state index is 14.2. The molecule has 3 aromatic carbocycles. The van der Waals surface area contributed by atoms with Crippen molar-refractivity contribution in [1.82, 2.24) is 4.98 Å². The number of carbonyl (C=O) groups excluding carboxylic acids is 1. The first kappa shape index (κ1) is 29.5. The van der Waals surface area contributed by atoms with Gasteiger partial charge in [0.15, 0.2) is 23.1 Å². The number of hydrogen-bond donors (Lipinski definition) is 3. The Morgan fingerprint density at radius 2 is 1.48 bits per heavy atom. The molecule has 0 saturated carbocycles. The third kappa shape index (κ3) is 7.72. The second kappa shape index (κ2) is 12.7. The van der Waals surface area contributed by atoms with Crippen LogP contribution in [0.3, 0.4) is 0 Å². The van der Waals surface area contributed by atoms with Crippen molar-refractivity contribution in [3.8, 4) is 28.7 Å². The second-order valence-electron chi connectivity index (χ2n) is 7.82. The van der Waals surface area contributed by atoms with Crippen molar-refractivity contribution in [3.63, 3.8) is 0 Å². The quantitative estimate of drug-likeness (QED) is 0.243. The fourth-order valence-corrected chi connectivity index (χ4v) is 3.12. The number of hydrogen-bond acceptors (Lipinski definition) is 6. The molecular formula is C27H21F5N2O6. The number of phenolic OH excluding ortho intramolecular Hbond substituents is 1. The molecule has 0 aliphatic heterocycles. The van der Waals surface area contributed by atoms with Gasteiger partial charge in [-0.3, -0.25) is 9.59 Å². The standard InChI is InChI=1S/C20H14F4N2O4.C7H7FO2/c1-29-13-3-5-17(15(21)10-13)30-16-4-2-11(20(22,23)24)8-14(16)19(28)26-12-6-7-25-18(27)9-12;1-10-5-2-3-7(9)6(8)4-5/h2-10H,1H3,(H2,25,26,27,28);2-4,9H,1H3. The molecule has 1 heterocycles. The van der Waals surface area contributed by atoms with E-state index in [4.69, 9.17) is 19.3 Å². The Morgan fingerprint density at radius 3 is 2.05 bits per heavy atom. The van der Waals surface area contributed by atoms with Crippen LogP contribution in [0.25, 0.3) is 0 Å². The summed E-state index contributed by atoms with van der Waals surface area (Å²) >= 11 is 0. The third-order valence-electron chi connectivity index (χ3n) is 5.10. The number of aromatic nitrogens is 1. The van der Waals surface area contributed by atoms with Gasteiger partial charge < -0.3 is 29.6 Å². The number of rotatable bonds is 6. The van der Waals surface area contributed by atoms with E-state index in [1.54, 1.807) is 0 Å². The van der Waals surface area contributed by atoms with Gasteiger partial charge in [-0.2, -0.15) is 13.2 Å². The summed E-state index contributed by atoms with van der Waals surface area (Å²) in [6.45, 7) is 0. The molecule has 4 rings (SSSR count). The highest BCUT2D eigenvalue weighted by molar-refractivity contribution is 6.06. The zero-order valence-corrected chi connectivity index (χ0v) is 20.8. The molecule has 0 atom stereocenters. The highest BCUT2D eigenvalue weighted by Gasteiger charge is 2.32. The van der Waals surface area contributed by atoms with E-state index < -0.39 is 40.4 Å². The normalized spacial score (nSPS) is 10.7. The predicted octanol–water partition coefficient (Wildman–Crippen LogP) is 6.13. The van der Waals surface area contributed by atoms with E-state index in [0.29, 0.717) is 17.9 Å². The average molecular weight is 564 g/mol. The first-order valence-corrected chi connectivity index (χ1v) is 11.2. The summed E-state index contributed by atoms with van der Waals surface area (Å²) in [6.07, 6.45) is -3.46. The molecule has 1 aromatic heterocycles. The SMILES string of the molecule is COc1ccc(O)c(F)c1.COc1ccc(Oc2ccc(C(F)(F)F)cc2C(=O)Nc2cc[nH]c(=O)c2)c(F)c1. The van der Waals surface area contributed by atoms with Crippen molar-refractivity contribution in [2.75, 3.05) is 19.5 Å². The van der Waals surface area contributed by atoms with Crippen molar-refractivity contribution >= 4 is 11.6 Å². The first-order valence-electron chi connectivity index (χ1n) is 11.2. The van der Waals surface area contributed by atoms with Crippen LogP contribution in [-0.4, -0.2) is 30.2 Å². The number of aromatic amines is 1. The van der Waals surface area contributed by atoms with Gasteiger partial charge in [0.05, 0.1) is 25.3 Å². The Morgan fingerprint density at radius 1 is 0.850 bits per heavy atom. The van der Waals surface area contributed by atoms with Gasteiger partial charge in [-0.05, 0) is 48.5 Å². The lowest BCUT2D eigenvalue weighted by Gasteiger charge is -2.15. The van der Waals surface area contributed by atoms with Gasteiger partial charge in [0.1, 0.15) is 17.2 Å². The molecule has 0 radical (unpaired) electrons. The Kier molecular flexibility index (Phi) is 9.33. The van der Waals surface area contributed by atoms with Crippen LogP contribution < -0.4 is 25.1 Å². The van der Waals surface area contributed by atoms with Crippen LogP contribution in [0.4, 0.5) is 27.6 Å². The van der Waals surface area contributed by atoms with Crippen LogP contribution >= 0.6 is 0 Å². The van der Waals surface area contributed by atoms with E-state index in [0.717, 1.165) is 24.3 Å². The maximum atomic E-state index is 14.2. The summed E-state index contributed by atoms with van der Waals surface area (Å²) in [5.41, 5.74) is -2.06. The van der Waals surface area contributed by atoms with E-state index in [1.807, 2.05) is 0 Å². The van der Waals surface area contributed by atoms with Crippen LogP contribution in [0.5, 0.6) is 28.7 Å². The van der Waals surface area contributed by atoms with Crippen molar-refractivity contribution in [1.29, 1.82) is 0 Å². The summed E-state index contributed by atoms with van der Waals surface area (Å²) in [4.78, 5) is 26.3. The number of nitrogens with one attached hydrogen (secondary N) is 2. The minimum atomic E-state index is -4.72. The summed E-state index contributed by atoms with van der Waals surface area (Å²) in [6, 6.07) is 12.1. The number of amides is 1. The zero-order valence-electron chi connectivity index (χ0n) is 20.8. The molecule has 4 aromatic rings. The van der Waals surface area contributed by atoms with Crippen LogP contribution in [0, 0.1) is 11.6 Å². The van der Waals surface area contributed by atoms with E-state index in [2.05, 4.69) is 10.3 Å². The van der Waals surface area contributed by atoms with Crippen LogP contribution in [0.2, 0.25) is 0 Å². The van der Waals surface area contributed by atoms with Crippen LogP contribution in [0.1, 0.15) is 15.9 Å². The number of halogens is 5. The van der Waals surface area contributed by atoms with Crippen molar-refractivity contribution in [3.05, 3.63) is 106 Å². The Hall–Kier alpha value is -5.07. The van der Waals surface area contributed by atoms with Gasteiger partial charge in [-0.25, -0.2) is 8.78 Å². The zero-order chi connectivity index (χ0) is 29.4. The van der Waals surface area contributed by atoms with E-state index in [9.17, 15) is 31.5 Å². The molecule has 1 amide bonds. The average Bonchev–Trinajstić information content (AvgIpc) is 2.91. The van der Waals surface area contributed by atoms with Crippen molar-refractivity contribution < 1.29 is 46.1 Å². The molecule has 0 fully saturated rings. The highest BCUT2D eigenvalue weighted by Crippen LogP contribution is 2.35. The van der Waals surface area contributed by atoms with E-state index in [1.165, 1.54) is 50.7 Å². The predicted molar refractivity (Wildman–Crippen MR) is 134 cm³/mol. The third-order valence-corrected chi connectivity index (χ3v) is 5.10. The van der Waals surface area contributed by atoms with Gasteiger partial charge in [0, 0.05) is 30.1 Å². The first-order chi connectivity index (χ1) is 18.9. The number of ether oxygens (including phenoxy) is 3. The maximum Gasteiger partial charge on any atom is 0.416 e. The largest absolute Gasteiger partial charge is 0.505 e. The molecule has 13 heteroatoms. The summed E-state index contributed by atoms with van der Waals surface area (Å²) in [5.74, 6) is -2.86. The lowest BCUT2D eigenvalue weighted by Crippen LogP contribution is -2.16. The summed E-state index contributed by atoms with van der Waals surface area (Å²) < 4.78 is 80.9. The number of carbonyl (C=O) groups is 1.